The molecule has 1 aliphatic heterocycles. The predicted octanol–water partition coefficient (Wildman–Crippen LogP) is 4.42. The van der Waals surface area contributed by atoms with Crippen molar-refractivity contribution >= 4 is 17.4 Å². The Morgan fingerprint density at radius 3 is 2.90 bits per heavy atom. The summed E-state index contributed by atoms with van der Waals surface area (Å²) >= 11 is 5.98. The minimum Gasteiger partial charge on any atom is -0.293 e. The highest BCUT2D eigenvalue weighted by molar-refractivity contribution is 6.31. The van der Waals surface area contributed by atoms with Crippen LogP contribution in [0, 0.1) is 5.92 Å². The van der Waals surface area contributed by atoms with Crippen LogP contribution >= 0.6 is 11.6 Å². The molecule has 0 aromatic heterocycles. The molecule has 2 nitrogen and oxygen atoms in total. The van der Waals surface area contributed by atoms with Crippen molar-refractivity contribution in [3.8, 4) is 0 Å². The van der Waals surface area contributed by atoms with Crippen LogP contribution in [0.4, 0.5) is 0 Å². The molecule has 1 aromatic carbocycles. The number of likely N-dealkylation sites (tertiary alicyclic amines) is 1. The Morgan fingerprint density at radius 2 is 2.20 bits per heavy atom. The average molecular weight is 294 g/mol. The molecule has 20 heavy (non-hydrogen) atoms. The molecule has 1 aliphatic rings. The molecular formula is C17H24ClNO. The normalized spacial score (nSPS) is 22.2. The number of hydrogen-bond donors (Lipinski definition) is 0. The molecule has 0 amide bonds. The monoisotopic (exact) mass is 293 g/mol. The van der Waals surface area contributed by atoms with Crippen molar-refractivity contribution in [2.75, 3.05) is 13.1 Å². The number of hydrogen-bond acceptors (Lipinski definition) is 2. The molecule has 110 valence electrons. The molecule has 0 saturated carbocycles. The van der Waals surface area contributed by atoms with E-state index in [0.717, 1.165) is 24.6 Å². The quantitative estimate of drug-likeness (QED) is 0.766. The van der Waals surface area contributed by atoms with Gasteiger partial charge < -0.3 is 0 Å². The Balaban J connectivity index is 2.03. The molecule has 0 bridgehead atoms. The fourth-order valence-electron chi connectivity index (χ4n) is 3.03. The van der Waals surface area contributed by atoms with Crippen molar-refractivity contribution in [1.29, 1.82) is 0 Å². The van der Waals surface area contributed by atoms with Crippen LogP contribution in [0.1, 0.15) is 49.9 Å². The van der Waals surface area contributed by atoms with E-state index >= 15 is 0 Å². The van der Waals surface area contributed by atoms with Gasteiger partial charge in [-0.15, -0.1) is 0 Å². The lowest BCUT2D eigenvalue weighted by Gasteiger charge is -2.26. The van der Waals surface area contributed by atoms with Crippen molar-refractivity contribution in [1.82, 2.24) is 4.90 Å². The van der Waals surface area contributed by atoms with Gasteiger partial charge in [0.15, 0.2) is 5.78 Å². The lowest BCUT2D eigenvalue weighted by molar-refractivity contribution is 0.0841. The fraction of sp³-hybridized carbons (Fsp3) is 0.588. The van der Waals surface area contributed by atoms with E-state index in [9.17, 15) is 4.79 Å². The van der Waals surface area contributed by atoms with Gasteiger partial charge in [-0.3, -0.25) is 9.69 Å². The third-order valence-corrected chi connectivity index (χ3v) is 4.73. The van der Waals surface area contributed by atoms with E-state index < -0.39 is 0 Å². The van der Waals surface area contributed by atoms with Crippen LogP contribution in [0.15, 0.2) is 24.3 Å². The summed E-state index contributed by atoms with van der Waals surface area (Å²) in [6, 6.07) is 7.23. The first-order valence-corrected chi connectivity index (χ1v) is 8.03. The molecule has 0 aliphatic carbocycles. The van der Waals surface area contributed by atoms with Gasteiger partial charge in [-0.1, -0.05) is 37.1 Å². The Labute approximate surface area is 127 Å². The van der Waals surface area contributed by atoms with Gasteiger partial charge in [0, 0.05) is 10.6 Å². The number of carbonyl (C=O) groups is 1. The number of nitrogens with zero attached hydrogens (tertiary/aromatic N) is 1. The van der Waals surface area contributed by atoms with E-state index in [2.05, 4.69) is 11.8 Å². The summed E-state index contributed by atoms with van der Waals surface area (Å²) in [4.78, 5) is 14.9. The lowest BCUT2D eigenvalue weighted by Crippen LogP contribution is -2.39. The van der Waals surface area contributed by atoms with Crippen molar-refractivity contribution in [3.63, 3.8) is 0 Å². The molecule has 0 radical (unpaired) electrons. The van der Waals surface area contributed by atoms with Gasteiger partial charge >= 0.3 is 0 Å². The van der Waals surface area contributed by atoms with E-state index in [0.29, 0.717) is 5.02 Å². The van der Waals surface area contributed by atoms with Gasteiger partial charge in [0.25, 0.3) is 0 Å². The molecule has 3 heteroatoms. The average Bonchev–Trinajstić information content (AvgIpc) is 2.71. The third-order valence-electron chi connectivity index (χ3n) is 4.50. The molecule has 2 atom stereocenters. The maximum absolute atomic E-state index is 12.6. The molecule has 0 spiro atoms. The second kappa shape index (κ2) is 7.24. The van der Waals surface area contributed by atoms with Crippen molar-refractivity contribution in [2.45, 2.75) is 45.6 Å². The van der Waals surface area contributed by atoms with E-state index in [-0.39, 0.29) is 11.8 Å². The summed E-state index contributed by atoms with van der Waals surface area (Å²) in [5.41, 5.74) is 0.723. The van der Waals surface area contributed by atoms with Crippen LogP contribution in [-0.2, 0) is 0 Å². The molecule has 2 rings (SSSR count). The number of Topliss-reactive ketones (excluding diaryl/α,β-unsaturated/α-hetero) is 1. The summed E-state index contributed by atoms with van der Waals surface area (Å²) in [6.45, 7) is 6.35. The van der Waals surface area contributed by atoms with E-state index in [1.807, 2.05) is 19.1 Å². The zero-order chi connectivity index (χ0) is 14.5. The van der Waals surface area contributed by atoms with E-state index in [1.54, 1.807) is 12.1 Å². The molecule has 1 fully saturated rings. The second-order valence-corrected chi connectivity index (χ2v) is 6.23. The van der Waals surface area contributed by atoms with Gasteiger partial charge in [0.1, 0.15) is 0 Å². The highest BCUT2D eigenvalue weighted by Crippen LogP contribution is 2.22. The topological polar surface area (TPSA) is 20.3 Å². The predicted molar refractivity (Wildman–Crippen MR) is 84.4 cm³/mol. The molecule has 1 saturated heterocycles. The number of ketones is 1. The largest absolute Gasteiger partial charge is 0.293 e. The van der Waals surface area contributed by atoms with E-state index in [1.165, 1.54) is 25.7 Å². The molecule has 1 aromatic rings. The van der Waals surface area contributed by atoms with Crippen LogP contribution in [0.25, 0.3) is 0 Å². The lowest BCUT2D eigenvalue weighted by atomic mass is 9.98. The summed E-state index contributed by atoms with van der Waals surface area (Å²) < 4.78 is 0. The zero-order valence-electron chi connectivity index (χ0n) is 12.4. The van der Waals surface area contributed by atoms with Crippen molar-refractivity contribution in [3.05, 3.63) is 34.9 Å². The highest BCUT2D eigenvalue weighted by Gasteiger charge is 2.25. The fourth-order valence-corrected chi connectivity index (χ4v) is 3.22. The number of halogens is 1. The number of carbonyl (C=O) groups excluding carboxylic acids is 1. The molecular weight excluding hydrogens is 270 g/mol. The molecule has 1 heterocycles. The maximum Gasteiger partial charge on any atom is 0.179 e. The van der Waals surface area contributed by atoms with Crippen LogP contribution < -0.4 is 0 Å². The van der Waals surface area contributed by atoms with Crippen LogP contribution in [0.2, 0.25) is 5.02 Å². The first kappa shape index (κ1) is 15.5. The van der Waals surface area contributed by atoms with Gasteiger partial charge in [-0.25, -0.2) is 0 Å². The minimum absolute atomic E-state index is 0.0518. The Morgan fingerprint density at radius 1 is 1.40 bits per heavy atom. The first-order valence-electron chi connectivity index (χ1n) is 7.65. The zero-order valence-corrected chi connectivity index (χ0v) is 13.2. The number of rotatable bonds is 4. The van der Waals surface area contributed by atoms with E-state index in [4.69, 9.17) is 11.6 Å². The summed E-state index contributed by atoms with van der Waals surface area (Å²) in [5, 5.41) is 0.630. The summed E-state index contributed by atoms with van der Waals surface area (Å²) in [5.74, 6) is 1.01. The standard InChI is InChI=1S/C17H24ClNO/c1-3-14-6-5-10-19(11-9-14)13(2)17(20)15-7-4-8-16(18)12-15/h4,7-8,12-14H,3,5-6,9-11H2,1-2H3. The van der Waals surface area contributed by atoms with Crippen molar-refractivity contribution < 1.29 is 4.79 Å². The first-order chi connectivity index (χ1) is 9.61. The summed E-state index contributed by atoms with van der Waals surface area (Å²) in [6.07, 6.45) is 4.96. The van der Waals surface area contributed by atoms with Crippen molar-refractivity contribution in [2.24, 2.45) is 5.92 Å². The number of benzene rings is 1. The van der Waals surface area contributed by atoms with Gasteiger partial charge in [0.2, 0.25) is 0 Å². The van der Waals surface area contributed by atoms with Gasteiger partial charge in [-0.05, 0) is 57.3 Å². The Bertz CT molecular complexity index is 460. The second-order valence-electron chi connectivity index (χ2n) is 5.79. The summed E-state index contributed by atoms with van der Waals surface area (Å²) in [7, 11) is 0. The molecule has 0 N–H and O–H groups in total. The maximum atomic E-state index is 12.6. The van der Waals surface area contributed by atoms with Crippen LogP contribution in [0.3, 0.4) is 0 Å². The van der Waals surface area contributed by atoms with Crippen LogP contribution in [-0.4, -0.2) is 29.8 Å². The highest BCUT2D eigenvalue weighted by atomic mass is 35.5. The van der Waals surface area contributed by atoms with Gasteiger partial charge in [-0.2, -0.15) is 0 Å². The smallest absolute Gasteiger partial charge is 0.179 e. The Hall–Kier alpha value is -0.860. The Kier molecular flexibility index (Phi) is 5.62. The molecule has 2 unspecified atom stereocenters. The van der Waals surface area contributed by atoms with Gasteiger partial charge in [0.05, 0.1) is 6.04 Å². The SMILES string of the molecule is CCC1CCCN(C(C)C(=O)c2cccc(Cl)c2)CC1. The minimum atomic E-state index is -0.0518. The third kappa shape index (κ3) is 3.83. The van der Waals surface area contributed by atoms with Crippen LogP contribution in [0.5, 0.6) is 0 Å².